The number of carbonyl (C=O) groups is 1. The van der Waals surface area contributed by atoms with Crippen molar-refractivity contribution in [3.63, 3.8) is 0 Å². The van der Waals surface area contributed by atoms with Crippen molar-refractivity contribution in [1.82, 2.24) is 9.80 Å². The molecule has 4 rings (SSSR count). The first kappa shape index (κ1) is 22.1. The minimum Gasteiger partial charge on any atom is -0.489 e. The largest absolute Gasteiger partial charge is 0.489 e. The molecule has 0 N–H and O–H groups in total. The van der Waals surface area contributed by atoms with Crippen LogP contribution in [0.1, 0.15) is 31.9 Å². The van der Waals surface area contributed by atoms with Crippen molar-refractivity contribution in [3.8, 4) is 5.75 Å². The fourth-order valence-corrected chi connectivity index (χ4v) is 5.00. The molecule has 6 heteroatoms. The van der Waals surface area contributed by atoms with E-state index in [1.807, 2.05) is 28.5 Å². The van der Waals surface area contributed by atoms with Gasteiger partial charge in [-0.1, -0.05) is 34.1 Å². The highest BCUT2D eigenvalue weighted by molar-refractivity contribution is 9.10. The Kier molecular flexibility index (Phi) is 7.10. The lowest BCUT2D eigenvalue weighted by Crippen LogP contribution is -2.48. The maximum atomic E-state index is 12.9. The summed E-state index contributed by atoms with van der Waals surface area (Å²) in [6, 6.07) is 16.5. The van der Waals surface area contributed by atoms with Crippen molar-refractivity contribution in [2.75, 3.05) is 26.2 Å². The van der Waals surface area contributed by atoms with Gasteiger partial charge >= 0.3 is 0 Å². The Morgan fingerprint density at radius 3 is 2.55 bits per heavy atom. The number of aryl methyl sites for hydroxylation is 2. The van der Waals surface area contributed by atoms with Gasteiger partial charge in [0.1, 0.15) is 12.4 Å². The van der Waals surface area contributed by atoms with E-state index in [2.05, 4.69) is 65.0 Å². The van der Waals surface area contributed by atoms with Gasteiger partial charge < -0.3 is 9.64 Å². The molecule has 2 aromatic carbocycles. The third-order valence-corrected chi connectivity index (χ3v) is 7.16. The average molecular weight is 499 g/mol. The summed E-state index contributed by atoms with van der Waals surface area (Å²) in [6.45, 7) is 8.89. The normalized spacial score (nSPS) is 14.6. The molecule has 162 valence electrons. The third-order valence-electron chi connectivity index (χ3n) is 5.70. The molecule has 1 aliphatic heterocycles. The number of rotatable bonds is 6. The summed E-state index contributed by atoms with van der Waals surface area (Å²) in [7, 11) is 0. The van der Waals surface area contributed by atoms with E-state index in [0.29, 0.717) is 6.61 Å². The smallest absolute Gasteiger partial charge is 0.264 e. The Morgan fingerprint density at radius 1 is 1.00 bits per heavy atom. The highest BCUT2D eigenvalue weighted by atomic mass is 79.9. The lowest BCUT2D eigenvalue weighted by Gasteiger charge is -2.34. The SMILES string of the molecule is Cc1ccc(OCc2csc(C(=O)N3CCN(Cc4cccc(Br)c4)CC3)c2)cc1C. The summed E-state index contributed by atoms with van der Waals surface area (Å²) >= 11 is 5.04. The van der Waals surface area contributed by atoms with E-state index in [0.717, 1.165) is 53.4 Å². The number of carbonyl (C=O) groups excluding carboxylic acids is 1. The number of halogens is 1. The predicted octanol–water partition coefficient (Wildman–Crippen LogP) is 5.66. The number of hydrogen-bond donors (Lipinski definition) is 0. The molecule has 0 bridgehead atoms. The molecule has 3 aromatic rings. The lowest BCUT2D eigenvalue weighted by atomic mass is 10.1. The van der Waals surface area contributed by atoms with Gasteiger partial charge in [-0.2, -0.15) is 0 Å². The second kappa shape index (κ2) is 9.98. The van der Waals surface area contributed by atoms with Gasteiger partial charge in [-0.3, -0.25) is 9.69 Å². The molecule has 0 radical (unpaired) electrons. The van der Waals surface area contributed by atoms with Gasteiger partial charge in [0.15, 0.2) is 0 Å². The standard InChI is InChI=1S/C25H27BrN2O2S/c1-18-6-7-23(12-19(18)2)30-16-21-14-24(31-17-21)25(29)28-10-8-27(9-11-28)15-20-4-3-5-22(26)13-20/h3-7,12-14,17H,8-11,15-16H2,1-2H3. The van der Waals surface area contributed by atoms with Crippen LogP contribution in [0.4, 0.5) is 0 Å². The quantitative estimate of drug-likeness (QED) is 0.439. The van der Waals surface area contributed by atoms with Crippen LogP contribution >= 0.6 is 27.3 Å². The van der Waals surface area contributed by atoms with Crippen LogP contribution in [0.5, 0.6) is 5.75 Å². The Morgan fingerprint density at radius 2 is 1.81 bits per heavy atom. The van der Waals surface area contributed by atoms with E-state index < -0.39 is 0 Å². The minimum atomic E-state index is 0.129. The first-order valence-electron chi connectivity index (χ1n) is 10.5. The van der Waals surface area contributed by atoms with E-state index >= 15 is 0 Å². The maximum absolute atomic E-state index is 12.9. The molecule has 1 fully saturated rings. The lowest BCUT2D eigenvalue weighted by molar-refractivity contribution is 0.0633. The Bertz CT molecular complexity index is 1060. The van der Waals surface area contributed by atoms with Gasteiger partial charge in [0.05, 0.1) is 4.88 Å². The molecule has 0 aliphatic carbocycles. The summed E-state index contributed by atoms with van der Waals surface area (Å²) in [5, 5.41) is 2.03. The van der Waals surface area contributed by atoms with Crippen LogP contribution in [-0.2, 0) is 13.2 Å². The monoisotopic (exact) mass is 498 g/mol. The van der Waals surface area contributed by atoms with Crippen LogP contribution in [0.2, 0.25) is 0 Å². The van der Waals surface area contributed by atoms with E-state index in [-0.39, 0.29) is 5.91 Å². The van der Waals surface area contributed by atoms with Crippen molar-refractivity contribution >= 4 is 33.2 Å². The molecule has 0 saturated carbocycles. The topological polar surface area (TPSA) is 32.8 Å². The predicted molar refractivity (Wildman–Crippen MR) is 130 cm³/mol. The summed E-state index contributed by atoms with van der Waals surface area (Å²) in [4.78, 5) is 18.1. The first-order chi connectivity index (χ1) is 15.0. The third kappa shape index (κ3) is 5.76. The van der Waals surface area contributed by atoms with Crippen molar-refractivity contribution in [3.05, 3.63) is 85.5 Å². The van der Waals surface area contributed by atoms with E-state index in [9.17, 15) is 4.79 Å². The van der Waals surface area contributed by atoms with E-state index in [1.165, 1.54) is 28.0 Å². The van der Waals surface area contributed by atoms with E-state index in [4.69, 9.17) is 4.74 Å². The van der Waals surface area contributed by atoms with Crippen LogP contribution in [0.3, 0.4) is 0 Å². The number of piperazine rings is 1. The first-order valence-corrected chi connectivity index (χ1v) is 12.2. The fourth-order valence-electron chi connectivity index (χ4n) is 3.69. The van der Waals surface area contributed by atoms with Crippen molar-refractivity contribution in [2.24, 2.45) is 0 Å². The molecule has 4 nitrogen and oxygen atoms in total. The molecule has 31 heavy (non-hydrogen) atoms. The van der Waals surface area contributed by atoms with Crippen LogP contribution < -0.4 is 4.74 Å². The maximum Gasteiger partial charge on any atom is 0.264 e. The Hall–Kier alpha value is -2.15. The molecule has 1 saturated heterocycles. The molecule has 2 heterocycles. The molecule has 1 aliphatic rings. The van der Waals surface area contributed by atoms with Crippen LogP contribution in [-0.4, -0.2) is 41.9 Å². The van der Waals surface area contributed by atoms with Gasteiger partial charge in [0.25, 0.3) is 5.91 Å². The molecule has 1 amide bonds. The number of thiophene rings is 1. The Balaban J connectivity index is 1.28. The number of nitrogens with zero attached hydrogens (tertiary/aromatic N) is 2. The minimum absolute atomic E-state index is 0.129. The second-order valence-electron chi connectivity index (χ2n) is 8.05. The fraction of sp³-hybridized carbons (Fsp3) is 0.320. The number of ether oxygens (including phenoxy) is 1. The van der Waals surface area contributed by atoms with Gasteiger partial charge in [-0.25, -0.2) is 0 Å². The second-order valence-corrected chi connectivity index (χ2v) is 9.88. The highest BCUT2D eigenvalue weighted by Crippen LogP contribution is 2.22. The van der Waals surface area contributed by atoms with Gasteiger partial charge in [0.2, 0.25) is 0 Å². The van der Waals surface area contributed by atoms with Crippen molar-refractivity contribution in [1.29, 1.82) is 0 Å². The average Bonchev–Trinajstić information content (AvgIpc) is 3.24. The van der Waals surface area contributed by atoms with Crippen LogP contribution in [0.15, 0.2) is 58.4 Å². The zero-order valence-electron chi connectivity index (χ0n) is 17.9. The van der Waals surface area contributed by atoms with Gasteiger partial charge in [-0.05, 0) is 66.2 Å². The van der Waals surface area contributed by atoms with Crippen molar-refractivity contribution < 1.29 is 9.53 Å². The van der Waals surface area contributed by atoms with Crippen LogP contribution in [0, 0.1) is 13.8 Å². The van der Waals surface area contributed by atoms with E-state index in [1.54, 1.807) is 0 Å². The summed E-state index contributed by atoms with van der Waals surface area (Å²) in [5.41, 5.74) is 4.81. The van der Waals surface area contributed by atoms with Crippen LogP contribution in [0.25, 0.3) is 0 Å². The molecule has 0 atom stereocenters. The molecule has 0 spiro atoms. The molecule has 1 aromatic heterocycles. The van der Waals surface area contributed by atoms with Crippen molar-refractivity contribution in [2.45, 2.75) is 27.0 Å². The number of hydrogen-bond acceptors (Lipinski definition) is 4. The zero-order chi connectivity index (χ0) is 21.8. The molecule has 0 unspecified atom stereocenters. The van der Waals surface area contributed by atoms with Gasteiger partial charge in [-0.15, -0.1) is 11.3 Å². The van der Waals surface area contributed by atoms with Gasteiger partial charge in [0, 0.05) is 42.8 Å². The molecular weight excluding hydrogens is 472 g/mol. The summed E-state index contributed by atoms with van der Waals surface area (Å²) in [6.07, 6.45) is 0. The number of benzene rings is 2. The summed E-state index contributed by atoms with van der Waals surface area (Å²) < 4.78 is 7.02. The zero-order valence-corrected chi connectivity index (χ0v) is 20.3. The molecular formula is C25H27BrN2O2S. The Labute approximate surface area is 196 Å². The highest BCUT2D eigenvalue weighted by Gasteiger charge is 2.23. The number of amides is 1. The summed E-state index contributed by atoms with van der Waals surface area (Å²) in [5.74, 6) is 0.994.